The van der Waals surface area contributed by atoms with Crippen LogP contribution in [0.15, 0.2) is 163 Å². The molecule has 0 spiro atoms. The van der Waals surface area contributed by atoms with Crippen LogP contribution in [0.2, 0.25) is 0 Å². The van der Waals surface area contributed by atoms with Gasteiger partial charge in [-0.1, -0.05) is 94.8 Å². The van der Waals surface area contributed by atoms with Crippen LogP contribution in [0.1, 0.15) is 83.0 Å². The molecule has 7 aromatic rings. The van der Waals surface area contributed by atoms with Crippen molar-refractivity contribution in [2.24, 2.45) is 0 Å². The van der Waals surface area contributed by atoms with E-state index >= 15 is 0 Å². The summed E-state index contributed by atoms with van der Waals surface area (Å²) in [7, 11) is 0. The maximum Gasteiger partial charge on any atom is 0.340 e. The van der Waals surface area contributed by atoms with Crippen LogP contribution in [-0.4, -0.2) is 49.8 Å². The number of halogens is 1. The van der Waals surface area contributed by atoms with Crippen LogP contribution in [0.4, 0.5) is 17.1 Å². The van der Waals surface area contributed by atoms with Gasteiger partial charge in [0.2, 0.25) is 0 Å². The van der Waals surface area contributed by atoms with E-state index in [4.69, 9.17) is 9.47 Å². The second-order valence-electron chi connectivity index (χ2n) is 16.8. The summed E-state index contributed by atoms with van der Waals surface area (Å²) in [6.07, 6.45) is 6.29. The van der Waals surface area contributed by atoms with Gasteiger partial charge >= 0.3 is 11.9 Å². The lowest BCUT2D eigenvalue weighted by Gasteiger charge is -2.21. The number of hydrogen-bond acceptors (Lipinski definition) is 10. The number of ether oxygens (including phenoxy) is 2. The Morgan fingerprint density at radius 2 is 0.970 bits per heavy atom. The molecule has 0 saturated carbocycles. The van der Waals surface area contributed by atoms with E-state index in [1.165, 1.54) is 30.6 Å². The Hall–Kier alpha value is -7.84. The number of rotatable bonds is 10. The van der Waals surface area contributed by atoms with Crippen molar-refractivity contribution in [2.75, 3.05) is 10.6 Å². The zero-order valence-corrected chi connectivity index (χ0v) is 38.6. The Bertz CT molecular complexity index is 2910. The van der Waals surface area contributed by atoms with Gasteiger partial charge in [-0.15, -0.1) is 0 Å². The van der Waals surface area contributed by atoms with Gasteiger partial charge in [-0.3, -0.25) is 29.7 Å². The average molecular weight is 949 g/mol. The van der Waals surface area contributed by atoms with E-state index in [9.17, 15) is 29.3 Å². The van der Waals surface area contributed by atoms with Crippen molar-refractivity contribution >= 4 is 56.7 Å². The van der Waals surface area contributed by atoms with Gasteiger partial charge in [-0.25, -0.2) is 9.59 Å². The molecular formula is C52H46BrN5O8. The van der Waals surface area contributed by atoms with Crippen LogP contribution >= 0.6 is 15.9 Å². The number of benzene rings is 5. The highest BCUT2D eigenvalue weighted by molar-refractivity contribution is 9.10. The number of nitro benzene ring substituents is 1. The quantitative estimate of drug-likeness (QED) is 0.0761. The number of para-hydroxylation sites is 1. The first kappa shape index (κ1) is 47.6. The number of pyridine rings is 2. The van der Waals surface area contributed by atoms with Crippen LogP contribution in [0.25, 0.3) is 33.4 Å². The Labute approximate surface area is 390 Å². The largest absolute Gasteiger partial charge is 0.456 e. The maximum absolute atomic E-state index is 13.3. The highest BCUT2D eigenvalue weighted by Gasteiger charge is 2.25. The highest BCUT2D eigenvalue weighted by Crippen LogP contribution is 2.34. The van der Waals surface area contributed by atoms with Crippen molar-refractivity contribution < 1.29 is 33.6 Å². The second-order valence-corrected chi connectivity index (χ2v) is 17.7. The fourth-order valence-electron chi connectivity index (χ4n) is 6.43. The number of nitrogens with zero attached hydrogens (tertiary/aromatic N) is 3. The summed E-state index contributed by atoms with van der Waals surface area (Å²) in [6.45, 7) is 10.6. The molecule has 7 rings (SSSR count). The molecule has 0 aliphatic heterocycles. The molecule has 0 fully saturated rings. The monoisotopic (exact) mass is 947 g/mol. The molecule has 0 aliphatic rings. The van der Waals surface area contributed by atoms with E-state index in [0.717, 1.165) is 26.7 Å². The van der Waals surface area contributed by atoms with Crippen LogP contribution in [0.3, 0.4) is 0 Å². The van der Waals surface area contributed by atoms with Gasteiger partial charge in [0.15, 0.2) is 0 Å². The summed E-state index contributed by atoms with van der Waals surface area (Å²) in [4.78, 5) is 71.1. The van der Waals surface area contributed by atoms with Gasteiger partial charge in [-0.2, -0.15) is 0 Å². The van der Waals surface area contributed by atoms with Crippen LogP contribution in [0, 0.1) is 10.1 Å². The maximum atomic E-state index is 13.3. The van der Waals surface area contributed by atoms with Gasteiger partial charge in [-0.05, 0) is 107 Å². The first-order valence-corrected chi connectivity index (χ1v) is 21.4. The Kier molecular flexibility index (Phi) is 15.0. The number of esters is 2. The summed E-state index contributed by atoms with van der Waals surface area (Å²) in [5, 5.41) is 17.2. The predicted octanol–water partition coefficient (Wildman–Crippen LogP) is 12.3. The summed E-state index contributed by atoms with van der Waals surface area (Å²) in [6, 6.07) is 38.6. The van der Waals surface area contributed by atoms with Gasteiger partial charge in [0, 0.05) is 46.5 Å². The lowest BCUT2D eigenvalue weighted by Crippen LogP contribution is -2.25. The smallest absolute Gasteiger partial charge is 0.340 e. The van der Waals surface area contributed by atoms with E-state index in [2.05, 4.69) is 36.5 Å². The fraction of sp³-hybridized carbons (Fsp3) is 0.154. The fourth-order valence-corrected chi connectivity index (χ4v) is 6.79. The number of nitrogens with one attached hydrogen (secondary N) is 2. The third-order valence-electron chi connectivity index (χ3n) is 9.36. The lowest BCUT2D eigenvalue weighted by atomic mass is 10.00. The zero-order chi connectivity index (χ0) is 47.6. The average Bonchev–Trinajstić information content (AvgIpc) is 3.28. The van der Waals surface area contributed by atoms with E-state index in [1.54, 1.807) is 109 Å². The molecule has 66 heavy (non-hydrogen) atoms. The Balaban J connectivity index is 0.000000225. The Morgan fingerprint density at radius 3 is 1.44 bits per heavy atom. The molecule has 2 aromatic heterocycles. The minimum absolute atomic E-state index is 0.0930. The summed E-state index contributed by atoms with van der Waals surface area (Å²) < 4.78 is 11.7. The van der Waals surface area contributed by atoms with Crippen LogP contribution in [0.5, 0.6) is 0 Å². The van der Waals surface area contributed by atoms with Crippen molar-refractivity contribution in [2.45, 2.75) is 52.7 Å². The number of aromatic nitrogens is 2. The van der Waals surface area contributed by atoms with Gasteiger partial charge in [0.1, 0.15) is 11.2 Å². The van der Waals surface area contributed by atoms with Crippen molar-refractivity contribution in [3.05, 3.63) is 195 Å². The van der Waals surface area contributed by atoms with Gasteiger partial charge in [0.05, 0.1) is 44.1 Å². The predicted molar refractivity (Wildman–Crippen MR) is 258 cm³/mol. The first-order valence-electron chi connectivity index (χ1n) is 20.6. The van der Waals surface area contributed by atoms with E-state index in [-0.39, 0.29) is 34.0 Å². The van der Waals surface area contributed by atoms with E-state index in [0.29, 0.717) is 22.4 Å². The second kappa shape index (κ2) is 20.8. The van der Waals surface area contributed by atoms with Crippen molar-refractivity contribution in [1.82, 2.24) is 9.97 Å². The standard InChI is InChI=1S/C29H25N3O5.C23H21BrN2O3/c1-29(2,3)37-28(34)24-14-13-20(23-11-7-8-12-26(23)32(35)36)16-25(24)31-27(33)22-15-21(17-30-18-22)19-9-5-4-6-10-19;1-23(2,3)29-22(28)19-10-9-18(24)12-20(19)26-21(27)17-11-16(13-25-14-17)15-7-5-4-6-8-15/h4-18H,1-3H3,(H,31,33);4-14H,1-3H3,(H,26,27). The van der Waals surface area contributed by atoms with E-state index < -0.39 is 34.0 Å². The normalized spacial score (nSPS) is 11.0. The number of carbonyl (C=O) groups excluding carboxylic acids is 4. The summed E-state index contributed by atoms with van der Waals surface area (Å²) in [5.74, 6) is -1.99. The number of carbonyl (C=O) groups is 4. The molecule has 334 valence electrons. The molecule has 0 radical (unpaired) electrons. The number of nitro groups is 1. The minimum atomic E-state index is -0.761. The van der Waals surface area contributed by atoms with Crippen molar-refractivity contribution in [3.63, 3.8) is 0 Å². The molecule has 0 saturated heterocycles. The van der Waals surface area contributed by atoms with E-state index in [1.807, 2.05) is 60.7 Å². The number of anilines is 2. The van der Waals surface area contributed by atoms with Gasteiger partial charge < -0.3 is 20.1 Å². The molecule has 0 atom stereocenters. The highest BCUT2D eigenvalue weighted by atomic mass is 79.9. The summed E-state index contributed by atoms with van der Waals surface area (Å²) in [5.41, 5.74) is 4.39. The molecule has 14 heteroatoms. The van der Waals surface area contributed by atoms with Crippen LogP contribution < -0.4 is 10.6 Å². The minimum Gasteiger partial charge on any atom is -0.456 e. The molecule has 2 heterocycles. The van der Waals surface area contributed by atoms with Crippen molar-refractivity contribution in [1.29, 1.82) is 0 Å². The van der Waals surface area contributed by atoms with Crippen molar-refractivity contribution in [3.8, 4) is 33.4 Å². The molecule has 0 aliphatic carbocycles. The third kappa shape index (κ3) is 12.9. The molecule has 0 bridgehead atoms. The van der Waals surface area contributed by atoms with Crippen LogP contribution in [-0.2, 0) is 9.47 Å². The third-order valence-corrected chi connectivity index (χ3v) is 9.86. The number of amides is 2. The molecule has 2 N–H and O–H groups in total. The SMILES string of the molecule is CC(C)(C)OC(=O)c1ccc(-c2ccccc2[N+](=O)[O-])cc1NC(=O)c1cncc(-c2ccccc2)c1.CC(C)(C)OC(=O)c1ccc(Br)cc1NC(=O)c1cncc(-c2ccccc2)c1. The first-order chi connectivity index (χ1) is 31.3. The topological polar surface area (TPSA) is 180 Å². The molecule has 13 nitrogen and oxygen atoms in total. The molecular weight excluding hydrogens is 903 g/mol. The molecule has 0 unspecified atom stereocenters. The lowest BCUT2D eigenvalue weighted by molar-refractivity contribution is -0.384. The number of hydrogen-bond donors (Lipinski definition) is 2. The summed E-state index contributed by atoms with van der Waals surface area (Å²) >= 11 is 3.38. The molecule has 5 aromatic carbocycles. The zero-order valence-electron chi connectivity index (χ0n) is 37.0. The Morgan fingerprint density at radius 1 is 0.530 bits per heavy atom. The van der Waals surface area contributed by atoms with Gasteiger partial charge in [0.25, 0.3) is 17.5 Å². The molecule has 2 amide bonds.